The smallest absolute Gasteiger partial charge is 0.416 e. The number of nitro benzene ring substituents is 1. The van der Waals surface area contributed by atoms with Gasteiger partial charge in [0.15, 0.2) is 0 Å². The van der Waals surface area contributed by atoms with Crippen molar-refractivity contribution in [2.45, 2.75) is 96.0 Å². The van der Waals surface area contributed by atoms with Gasteiger partial charge >= 0.3 is 12.3 Å². The topological polar surface area (TPSA) is 98.7 Å². The summed E-state index contributed by atoms with van der Waals surface area (Å²) in [6, 6.07) is 7.43. The predicted molar refractivity (Wildman–Crippen MR) is 138 cm³/mol. The molecule has 2 aliphatic carbocycles. The zero-order valence-corrected chi connectivity index (χ0v) is 21.7. The molecule has 1 saturated carbocycles. The summed E-state index contributed by atoms with van der Waals surface area (Å²) in [5.74, 6) is 0. The minimum Gasteiger partial charge on any atom is -0.446 e. The third-order valence-corrected chi connectivity index (χ3v) is 7.56. The quantitative estimate of drug-likeness (QED) is 0.293. The molecule has 2 aromatic carbocycles. The average Bonchev–Trinajstić information content (AvgIpc) is 3.50. The van der Waals surface area contributed by atoms with E-state index < -0.39 is 34.5 Å². The standard InChI is InChI=1S/C28H34F3N3O4/c1-17(2)33(23-8-3-4-9-23)26-15-20-7-5-6-19(20)13-21(26)14-25(38-27(32)35)12-18-10-22(28(29,30)31)16-24(11-18)34(36)37/h10-11,13,15-17,23,25H,3-9,12,14H2,1-2H3,(H2,32,35). The fraction of sp³-hybridized carbons (Fsp3) is 0.536. The first kappa shape index (κ1) is 27.7. The molecule has 1 amide bonds. The number of nitro groups is 1. The maximum atomic E-state index is 13.5. The number of halogens is 3. The number of hydrogen-bond donors (Lipinski definition) is 1. The molecular formula is C28H34F3N3O4. The van der Waals surface area contributed by atoms with E-state index in [1.165, 1.54) is 11.1 Å². The van der Waals surface area contributed by atoms with Gasteiger partial charge in [-0.2, -0.15) is 13.2 Å². The summed E-state index contributed by atoms with van der Waals surface area (Å²) in [5, 5.41) is 11.3. The highest BCUT2D eigenvalue weighted by Crippen LogP contribution is 2.38. The highest BCUT2D eigenvalue weighted by atomic mass is 19.4. The number of amides is 1. The lowest BCUT2D eigenvalue weighted by molar-refractivity contribution is -0.385. The minimum atomic E-state index is -4.76. The monoisotopic (exact) mass is 533 g/mol. The molecule has 0 aromatic heterocycles. The van der Waals surface area contributed by atoms with Crippen LogP contribution in [0.2, 0.25) is 0 Å². The summed E-state index contributed by atoms with van der Waals surface area (Å²) in [5.41, 5.74) is 8.15. The molecule has 0 spiro atoms. The van der Waals surface area contributed by atoms with E-state index in [0.717, 1.165) is 68.3 Å². The summed E-state index contributed by atoms with van der Waals surface area (Å²) in [7, 11) is 0. The van der Waals surface area contributed by atoms with Crippen molar-refractivity contribution in [1.29, 1.82) is 0 Å². The summed E-state index contributed by atoms with van der Waals surface area (Å²) >= 11 is 0. The Morgan fingerprint density at radius 1 is 1.08 bits per heavy atom. The summed E-state index contributed by atoms with van der Waals surface area (Å²) < 4.78 is 45.8. The van der Waals surface area contributed by atoms with Gasteiger partial charge in [0.05, 0.1) is 10.5 Å². The molecule has 1 atom stereocenters. The van der Waals surface area contributed by atoms with Crippen LogP contribution in [0.5, 0.6) is 0 Å². The molecule has 1 fully saturated rings. The lowest BCUT2D eigenvalue weighted by Gasteiger charge is -2.37. The molecule has 0 saturated heterocycles. The number of non-ortho nitro benzene ring substituents is 1. The van der Waals surface area contributed by atoms with Gasteiger partial charge in [-0.25, -0.2) is 4.79 Å². The average molecular weight is 534 g/mol. The van der Waals surface area contributed by atoms with Gasteiger partial charge in [-0.1, -0.05) is 18.9 Å². The number of carbonyl (C=O) groups excluding carboxylic acids is 1. The SMILES string of the molecule is CC(C)N(c1cc2c(cc1CC(Cc1cc([N+](=O)[O-])cc(C(F)(F)F)c1)OC(N)=O)CCC2)C1CCCC1. The normalized spacial score (nSPS) is 16.5. The second-order valence-corrected chi connectivity index (χ2v) is 10.7. The Morgan fingerprint density at radius 2 is 1.74 bits per heavy atom. The van der Waals surface area contributed by atoms with Crippen LogP contribution in [0.15, 0.2) is 30.3 Å². The first-order valence-corrected chi connectivity index (χ1v) is 13.2. The Kier molecular flexibility index (Phi) is 8.18. The number of ether oxygens (including phenoxy) is 1. The third-order valence-electron chi connectivity index (χ3n) is 7.56. The number of alkyl halides is 3. The van der Waals surface area contributed by atoms with Crippen LogP contribution in [0, 0.1) is 10.1 Å². The number of benzene rings is 2. The Balaban J connectivity index is 1.72. The van der Waals surface area contributed by atoms with Gasteiger partial charge in [-0.3, -0.25) is 10.1 Å². The summed E-state index contributed by atoms with van der Waals surface area (Å²) in [6.45, 7) is 4.29. The van der Waals surface area contributed by atoms with Crippen LogP contribution in [-0.2, 0) is 36.6 Å². The summed E-state index contributed by atoms with van der Waals surface area (Å²) in [6.07, 6.45) is 0.872. The van der Waals surface area contributed by atoms with Crippen molar-refractivity contribution >= 4 is 17.5 Å². The van der Waals surface area contributed by atoms with Gasteiger partial charge in [0.1, 0.15) is 6.10 Å². The Hall–Kier alpha value is -3.30. The predicted octanol–water partition coefficient (Wildman–Crippen LogP) is 6.51. The number of primary amides is 1. The van der Waals surface area contributed by atoms with Gasteiger partial charge in [0.25, 0.3) is 5.69 Å². The molecule has 0 aliphatic heterocycles. The lowest BCUT2D eigenvalue weighted by atomic mass is 9.94. The van der Waals surface area contributed by atoms with E-state index in [2.05, 4.69) is 30.9 Å². The number of fused-ring (bicyclic) bond motifs is 1. The first-order valence-electron chi connectivity index (χ1n) is 13.2. The van der Waals surface area contributed by atoms with Gasteiger partial charge < -0.3 is 15.4 Å². The zero-order valence-electron chi connectivity index (χ0n) is 21.7. The molecule has 1 unspecified atom stereocenters. The van der Waals surface area contributed by atoms with Crippen molar-refractivity contribution in [3.05, 3.63) is 68.3 Å². The van der Waals surface area contributed by atoms with Crippen LogP contribution in [0.3, 0.4) is 0 Å². The number of aryl methyl sites for hydroxylation is 2. The molecule has 2 aromatic rings. The Bertz CT molecular complexity index is 1190. The number of rotatable bonds is 9. The molecule has 7 nitrogen and oxygen atoms in total. The largest absolute Gasteiger partial charge is 0.446 e. The van der Waals surface area contributed by atoms with Crippen LogP contribution in [0.25, 0.3) is 0 Å². The van der Waals surface area contributed by atoms with E-state index >= 15 is 0 Å². The minimum absolute atomic E-state index is 0.0528. The highest BCUT2D eigenvalue weighted by Gasteiger charge is 2.34. The molecule has 2 aliphatic rings. The van der Waals surface area contributed by atoms with Crippen LogP contribution in [-0.4, -0.2) is 29.2 Å². The fourth-order valence-corrected chi connectivity index (χ4v) is 6.03. The first-order chi connectivity index (χ1) is 17.9. The molecule has 10 heteroatoms. The van der Waals surface area contributed by atoms with Gasteiger partial charge in [-0.15, -0.1) is 0 Å². The van der Waals surface area contributed by atoms with E-state index in [1.807, 2.05) is 0 Å². The second kappa shape index (κ2) is 11.2. The lowest BCUT2D eigenvalue weighted by Crippen LogP contribution is -2.40. The van der Waals surface area contributed by atoms with E-state index in [0.29, 0.717) is 12.1 Å². The Morgan fingerprint density at radius 3 is 2.32 bits per heavy atom. The van der Waals surface area contributed by atoms with Crippen LogP contribution >= 0.6 is 0 Å². The maximum Gasteiger partial charge on any atom is 0.416 e. The van der Waals surface area contributed by atoms with E-state index in [-0.39, 0.29) is 24.4 Å². The molecule has 4 rings (SSSR count). The molecular weight excluding hydrogens is 499 g/mol. The molecule has 0 radical (unpaired) electrons. The van der Waals surface area contributed by atoms with E-state index in [1.54, 1.807) is 0 Å². The van der Waals surface area contributed by atoms with Crippen molar-refractivity contribution in [2.75, 3.05) is 4.90 Å². The van der Waals surface area contributed by atoms with Crippen LogP contribution < -0.4 is 10.6 Å². The van der Waals surface area contributed by atoms with Crippen molar-refractivity contribution < 1.29 is 27.6 Å². The van der Waals surface area contributed by atoms with Gasteiger partial charge in [-0.05, 0) is 80.3 Å². The molecule has 0 bridgehead atoms. The van der Waals surface area contributed by atoms with E-state index in [9.17, 15) is 28.1 Å². The second-order valence-electron chi connectivity index (χ2n) is 10.7. The Labute approximate surface area is 220 Å². The zero-order chi connectivity index (χ0) is 27.6. The van der Waals surface area contributed by atoms with Crippen molar-refractivity contribution in [3.63, 3.8) is 0 Å². The third kappa shape index (κ3) is 6.39. The molecule has 0 heterocycles. The number of nitrogens with zero attached hydrogens (tertiary/aromatic N) is 2. The van der Waals surface area contributed by atoms with Gasteiger partial charge in [0, 0.05) is 42.7 Å². The van der Waals surface area contributed by atoms with Gasteiger partial charge in [0.2, 0.25) is 0 Å². The number of hydrogen-bond acceptors (Lipinski definition) is 5. The van der Waals surface area contributed by atoms with Crippen molar-refractivity contribution in [2.24, 2.45) is 5.73 Å². The highest BCUT2D eigenvalue weighted by molar-refractivity contribution is 5.65. The number of nitrogens with two attached hydrogens (primary N) is 1. The van der Waals surface area contributed by atoms with Crippen molar-refractivity contribution in [1.82, 2.24) is 0 Å². The van der Waals surface area contributed by atoms with Crippen molar-refractivity contribution in [3.8, 4) is 0 Å². The fourth-order valence-electron chi connectivity index (χ4n) is 6.03. The molecule has 38 heavy (non-hydrogen) atoms. The van der Waals surface area contributed by atoms with Crippen LogP contribution in [0.1, 0.15) is 73.8 Å². The number of anilines is 1. The maximum absolute atomic E-state index is 13.5. The molecule has 206 valence electrons. The number of carbonyl (C=O) groups is 1. The summed E-state index contributed by atoms with van der Waals surface area (Å²) in [4.78, 5) is 24.7. The van der Waals surface area contributed by atoms with E-state index in [4.69, 9.17) is 10.5 Å². The molecule has 2 N–H and O–H groups in total. The van der Waals surface area contributed by atoms with Crippen LogP contribution in [0.4, 0.5) is 29.3 Å².